The van der Waals surface area contributed by atoms with Crippen LogP contribution in [-0.2, 0) is 13.0 Å². The summed E-state index contributed by atoms with van der Waals surface area (Å²) in [4.78, 5) is 17.4. The van der Waals surface area contributed by atoms with Gasteiger partial charge in [0.1, 0.15) is 11.5 Å². The van der Waals surface area contributed by atoms with Crippen LogP contribution in [0.2, 0.25) is 0 Å². The summed E-state index contributed by atoms with van der Waals surface area (Å²) < 4.78 is 13.2. The number of carbonyl (C=O) groups excluding carboxylic acids is 1. The van der Waals surface area contributed by atoms with Crippen molar-refractivity contribution in [3.05, 3.63) is 53.1 Å². The zero-order valence-electron chi connectivity index (χ0n) is 17.1. The molecule has 0 saturated carbocycles. The van der Waals surface area contributed by atoms with E-state index < -0.39 is 0 Å². The van der Waals surface area contributed by atoms with Crippen LogP contribution in [0.15, 0.2) is 30.3 Å². The average Bonchev–Trinajstić information content (AvgIpc) is 3.03. The Morgan fingerprint density at radius 3 is 2.71 bits per heavy atom. The van der Waals surface area contributed by atoms with Crippen LogP contribution < -0.4 is 0 Å². The Balaban J connectivity index is 1.72. The van der Waals surface area contributed by atoms with E-state index in [0.29, 0.717) is 18.2 Å². The van der Waals surface area contributed by atoms with Crippen LogP contribution in [0.25, 0.3) is 0 Å². The number of benzene rings is 1. The molecule has 5 nitrogen and oxygen atoms in total. The first-order valence-electron chi connectivity index (χ1n) is 10.3. The first-order chi connectivity index (χ1) is 13.5. The molecule has 2 heterocycles. The molecule has 3 rings (SSSR count). The fourth-order valence-electron chi connectivity index (χ4n) is 3.93. The fourth-order valence-corrected chi connectivity index (χ4v) is 3.93. The van der Waals surface area contributed by atoms with Crippen molar-refractivity contribution >= 4 is 5.91 Å². The second-order valence-electron chi connectivity index (χ2n) is 8.04. The van der Waals surface area contributed by atoms with Gasteiger partial charge in [-0.1, -0.05) is 39.3 Å². The molecule has 1 saturated heterocycles. The molecule has 152 valence electrons. The van der Waals surface area contributed by atoms with Gasteiger partial charge in [-0.25, -0.2) is 4.39 Å². The minimum absolute atomic E-state index is 0.00730. The van der Waals surface area contributed by atoms with Crippen LogP contribution >= 0.6 is 0 Å². The summed E-state index contributed by atoms with van der Waals surface area (Å²) in [5.41, 5.74) is 2.63. The van der Waals surface area contributed by atoms with Crippen LogP contribution in [0.4, 0.5) is 4.39 Å². The molecule has 6 heteroatoms. The molecule has 1 atom stereocenters. The maximum Gasteiger partial charge on any atom is 0.274 e. The molecule has 0 radical (unpaired) electrons. The van der Waals surface area contributed by atoms with Gasteiger partial charge < -0.3 is 4.90 Å². The Labute approximate surface area is 166 Å². The predicted molar refractivity (Wildman–Crippen MR) is 109 cm³/mol. The Bertz CT molecular complexity index is 771. The van der Waals surface area contributed by atoms with Gasteiger partial charge in [-0.05, 0) is 42.5 Å². The maximum absolute atomic E-state index is 13.2. The summed E-state index contributed by atoms with van der Waals surface area (Å²) in [5.74, 6) is 0.204. The molecule has 1 aliphatic rings. The standard InChI is InChI=1S/C22H31FN4O/c1-4-6-19-13-20(25-24-19)22(28)27-12-5-11-26(21(15-27)16(2)3)14-17-7-9-18(23)10-8-17/h7-10,13,16,21H,4-6,11-12,14-15H2,1-3H3,(H,24,25). The Morgan fingerprint density at radius 1 is 1.29 bits per heavy atom. The van der Waals surface area contributed by atoms with Gasteiger partial charge in [0.15, 0.2) is 0 Å². The van der Waals surface area contributed by atoms with E-state index in [-0.39, 0.29) is 17.8 Å². The lowest BCUT2D eigenvalue weighted by molar-refractivity contribution is 0.0696. The lowest BCUT2D eigenvalue weighted by Crippen LogP contribution is -2.45. The predicted octanol–water partition coefficient (Wildman–Crippen LogP) is 3.87. The van der Waals surface area contributed by atoms with Gasteiger partial charge in [-0.3, -0.25) is 14.8 Å². The van der Waals surface area contributed by atoms with Crippen molar-refractivity contribution in [3.8, 4) is 0 Å². The zero-order valence-corrected chi connectivity index (χ0v) is 17.1. The van der Waals surface area contributed by atoms with Gasteiger partial charge in [-0.2, -0.15) is 5.10 Å². The maximum atomic E-state index is 13.2. The molecular formula is C22H31FN4O. The molecule has 1 unspecified atom stereocenters. The van der Waals surface area contributed by atoms with E-state index in [1.54, 1.807) is 0 Å². The number of aromatic nitrogens is 2. The normalized spacial score (nSPS) is 18.5. The monoisotopic (exact) mass is 386 g/mol. The van der Waals surface area contributed by atoms with Gasteiger partial charge in [0.2, 0.25) is 0 Å². The summed E-state index contributed by atoms with van der Waals surface area (Å²) in [5, 5.41) is 7.22. The van der Waals surface area contributed by atoms with Crippen molar-refractivity contribution in [2.45, 2.75) is 52.6 Å². The Kier molecular flexibility index (Phi) is 6.83. The first-order valence-corrected chi connectivity index (χ1v) is 10.3. The van der Waals surface area contributed by atoms with E-state index >= 15 is 0 Å². The third kappa shape index (κ3) is 4.98. The minimum atomic E-state index is -0.210. The number of nitrogens with zero attached hydrogens (tertiary/aromatic N) is 3. The number of nitrogens with one attached hydrogen (secondary N) is 1. The van der Waals surface area contributed by atoms with Crippen LogP contribution in [0.1, 0.15) is 55.4 Å². The van der Waals surface area contributed by atoms with Crippen LogP contribution in [0.3, 0.4) is 0 Å². The molecule has 2 aromatic rings. The summed E-state index contributed by atoms with van der Waals surface area (Å²) in [7, 11) is 0. The SMILES string of the molecule is CCCc1cc(C(=O)N2CCCN(Cc3ccc(F)cc3)C(C(C)C)C2)n[nH]1. The third-order valence-electron chi connectivity index (χ3n) is 5.47. The molecule has 0 spiro atoms. The molecule has 0 aliphatic carbocycles. The van der Waals surface area contributed by atoms with Gasteiger partial charge in [0.05, 0.1) is 0 Å². The second-order valence-corrected chi connectivity index (χ2v) is 8.04. The topological polar surface area (TPSA) is 52.2 Å². The lowest BCUT2D eigenvalue weighted by atomic mass is 10.0. The Hall–Kier alpha value is -2.21. The number of carbonyl (C=O) groups is 1. The van der Waals surface area contributed by atoms with Gasteiger partial charge in [0.25, 0.3) is 5.91 Å². The van der Waals surface area contributed by atoms with Crippen molar-refractivity contribution < 1.29 is 9.18 Å². The highest BCUT2D eigenvalue weighted by atomic mass is 19.1. The zero-order chi connectivity index (χ0) is 20.1. The van der Waals surface area contributed by atoms with Crippen molar-refractivity contribution in [2.24, 2.45) is 5.92 Å². The Morgan fingerprint density at radius 2 is 2.04 bits per heavy atom. The first kappa shape index (κ1) is 20.5. The number of halogens is 1. The number of hydrogen-bond donors (Lipinski definition) is 1. The van der Waals surface area contributed by atoms with Gasteiger partial charge in [-0.15, -0.1) is 0 Å². The molecule has 0 bridgehead atoms. The van der Waals surface area contributed by atoms with Crippen molar-refractivity contribution in [1.82, 2.24) is 20.0 Å². The molecule has 1 aliphatic heterocycles. The number of hydrogen-bond acceptors (Lipinski definition) is 3. The third-order valence-corrected chi connectivity index (χ3v) is 5.47. The van der Waals surface area contributed by atoms with E-state index in [0.717, 1.165) is 50.2 Å². The molecule has 1 aromatic heterocycles. The quantitative estimate of drug-likeness (QED) is 0.820. The van der Waals surface area contributed by atoms with E-state index in [2.05, 4.69) is 35.9 Å². The largest absolute Gasteiger partial charge is 0.336 e. The van der Waals surface area contributed by atoms with Crippen molar-refractivity contribution in [3.63, 3.8) is 0 Å². The highest BCUT2D eigenvalue weighted by Crippen LogP contribution is 2.21. The smallest absolute Gasteiger partial charge is 0.274 e. The lowest BCUT2D eigenvalue weighted by Gasteiger charge is -2.34. The van der Waals surface area contributed by atoms with E-state index in [1.807, 2.05) is 23.1 Å². The molecule has 1 fully saturated rings. The fraction of sp³-hybridized carbons (Fsp3) is 0.545. The highest BCUT2D eigenvalue weighted by molar-refractivity contribution is 5.92. The van der Waals surface area contributed by atoms with Gasteiger partial charge >= 0.3 is 0 Å². The number of amides is 1. The van der Waals surface area contributed by atoms with Gasteiger partial charge in [0, 0.05) is 37.9 Å². The molecule has 1 aromatic carbocycles. The van der Waals surface area contributed by atoms with E-state index in [1.165, 1.54) is 12.1 Å². The number of aryl methyl sites for hydroxylation is 1. The van der Waals surface area contributed by atoms with Crippen molar-refractivity contribution in [2.75, 3.05) is 19.6 Å². The summed E-state index contributed by atoms with van der Waals surface area (Å²) >= 11 is 0. The van der Waals surface area contributed by atoms with E-state index in [9.17, 15) is 9.18 Å². The highest BCUT2D eigenvalue weighted by Gasteiger charge is 2.30. The number of aromatic amines is 1. The molecule has 1 N–H and O–H groups in total. The summed E-state index contributed by atoms with van der Waals surface area (Å²) in [6, 6.07) is 8.86. The molecule has 28 heavy (non-hydrogen) atoms. The van der Waals surface area contributed by atoms with Crippen LogP contribution in [0, 0.1) is 11.7 Å². The summed E-state index contributed by atoms with van der Waals surface area (Å²) in [6.07, 6.45) is 2.84. The van der Waals surface area contributed by atoms with Crippen LogP contribution in [0.5, 0.6) is 0 Å². The number of H-pyrrole nitrogens is 1. The summed E-state index contributed by atoms with van der Waals surface area (Å²) in [6.45, 7) is 9.62. The van der Waals surface area contributed by atoms with E-state index in [4.69, 9.17) is 0 Å². The second kappa shape index (κ2) is 9.32. The van der Waals surface area contributed by atoms with Crippen molar-refractivity contribution in [1.29, 1.82) is 0 Å². The average molecular weight is 387 g/mol. The minimum Gasteiger partial charge on any atom is -0.336 e. The molecular weight excluding hydrogens is 355 g/mol. The number of rotatable bonds is 6. The van der Waals surface area contributed by atoms with Crippen LogP contribution in [-0.4, -0.2) is 51.6 Å². The molecule has 1 amide bonds.